The quantitative estimate of drug-likeness (QED) is 0.319. The van der Waals surface area contributed by atoms with Crippen LogP contribution in [0.5, 0.6) is 11.5 Å². The van der Waals surface area contributed by atoms with Gasteiger partial charge in [-0.3, -0.25) is 9.59 Å². The van der Waals surface area contributed by atoms with Crippen LogP contribution in [0, 0.1) is 0 Å². The molecule has 2 aromatic carbocycles. The molecule has 3 aromatic rings. The number of hydrogen-bond acceptors (Lipinski definition) is 6. The fraction of sp³-hybridized carbons (Fsp3) is 0.407. The third-order valence-electron chi connectivity index (χ3n) is 6.22. The van der Waals surface area contributed by atoms with E-state index in [2.05, 4.69) is 6.92 Å². The Morgan fingerprint density at radius 1 is 1.00 bits per heavy atom. The summed E-state index contributed by atoms with van der Waals surface area (Å²) in [6.45, 7) is 3.36. The average Bonchev–Trinajstić information content (AvgIpc) is 3.14. The van der Waals surface area contributed by atoms with Gasteiger partial charge in [-0.05, 0) is 42.3 Å². The van der Waals surface area contributed by atoms with Gasteiger partial charge in [0.1, 0.15) is 5.58 Å². The molecule has 0 saturated carbocycles. The third-order valence-corrected chi connectivity index (χ3v) is 6.46. The van der Waals surface area contributed by atoms with E-state index in [-0.39, 0.29) is 22.7 Å². The van der Waals surface area contributed by atoms with E-state index in [1.165, 1.54) is 6.42 Å². The van der Waals surface area contributed by atoms with Crippen LogP contribution in [0.2, 0.25) is 5.02 Å². The molecule has 1 atom stereocenters. The van der Waals surface area contributed by atoms with Crippen LogP contribution in [0.4, 0.5) is 0 Å². The van der Waals surface area contributed by atoms with Crippen LogP contribution in [0.15, 0.2) is 45.6 Å². The zero-order valence-electron chi connectivity index (χ0n) is 20.3. The predicted molar refractivity (Wildman–Crippen MR) is 135 cm³/mol. The number of methoxy groups -OCH3 is 2. The maximum absolute atomic E-state index is 13.6. The molecule has 1 unspecified atom stereocenters. The second-order valence-electron chi connectivity index (χ2n) is 8.53. The summed E-state index contributed by atoms with van der Waals surface area (Å²) in [5, 5.41) is 0.755. The number of benzene rings is 2. The SMILES string of the molecule is CCCCCCOc1ccc(C2c3c(oc4ccc(Cl)cc4c3=O)C(=O)N2CCOC)cc1OC. The van der Waals surface area contributed by atoms with Crippen molar-refractivity contribution in [3.05, 3.63) is 68.5 Å². The Balaban J connectivity index is 1.76. The Labute approximate surface area is 209 Å². The van der Waals surface area contributed by atoms with Crippen LogP contribution in [-0.2, 0) is 4.74 Å². The standard InChI is InChI=1S/C27H30ClNO6/c1-4-5-6-7-13-34-21-10-8-17(15-22(21)33-3)24-23-25(30)19-16-18(28)9-11-20(19)35-26(23)27(31)29(24)12-14-32-2/h8-11,15-16,24H,4-7,12-14H2,1-3H3. The van der Waals surface area contributed by atoms with Gasteiger partial charge in [-0.1, -0.05) is 43.9 Å². The largest absolute Gasteiger partial charge is 0.493 e. The minimum Gasteiger partial charge on any atom is -0.493 e. The van der Waals surface area contributed by atoms with Gasteiger partial charge in [-0.15, -0.1) is 0 Å². The van der Waals surface area contributed by atoms with E-state index in [0.29, 0.717) is 47.2 Å². The minimum atomic E-state index is -0.653. The second-order valence-corrected chi connectivity index (χ2v) is 8.96. The first-order valence-electron chi connectivity index (χ1n) is 11.9. The fourth-order valence-corrected chi connectivity index (χ4v) is 4.62. The van der Waals surface area contributed by atoms with Crippen molar-refractivity contribution >= 4 is 28.5 Å². The van der Waals surface area contributed by atoms with Crippen molar-refractivity contribution in [2.75, 3.05) is 34.0 Å². The first kappa shape index (κ1) is 25.1. The number of halogens is 1. The maximum atomic E-state index is 13.6. The van der Waals surface area contributed by atoms with Crippen molar-refractivity contribution in [1.82, 2.24) is 4.90 Å². The van der Waals surface area contributed by atoms with Crippen LogP contribution in [0.3, 0.4) is 0 Å². The van der Waals surface area contributed by atoms with Gasteiger partial charge in [-0.25, -0.2) is 0 Å². The Hall–Kier alpha value is -3.03. The molecule has 4 rings (SSSR count). The van der Waals surface area contributed by atoms with Crippen molar-refractivity contribution in [2.45, 2.75) is 38.6 Å². The highest BCUT2D eigenvalue weighted by molar-refractivity contribution is 6.31. The summed E-state index contributed by atoms with van der Waals surface area (Å²) in [4.78, 5) is 28.5. The number of nitrogens with zero attached hydrogens (tertiary/aromatic N) is 1. The zero-order chi connectivity index (χ0) is 24.9. The summed E-state index contributed by atoms with van der Waals surface area (Å²) in [5.41, 5.74) is 1.05. The van der Waals surface area contributed by atoms with E-state index >= 15 is 0 Å². The third kappa shape index (κ3) is 5.02. The highest BCUT2D eigenvalue weighted by atomic mass is 35.5. The lowest BCUT2D eigenvalue weighted by molar-refractivity contribution is 0.0663. The summed E-state index contributed by atoms with van der Waals surface area (Å²) in [7, 11) is 3.14. The molecular formula is C27H30ClNO6. The number of rotatable bonds is 11. The molecule has 35 heavy (non-hydrogen) atoms. The van der Waals surface area contributed by atoms with Gasteiger partial charge in [-0.2, -0.15) is 0 Å². The van der Waals surface area contributed by atoms with Gasteiger partial charge in [0, 0.05) is 18.7 Å². The lowest BCUT2D eigenvalue weighted by Gasteiger charge is -2.25. The Morgan fingerprint density at radius 2 is 1.83 bits per heavy atom. The van der Waals surface area contributed by atoms with Gasteiger partial charge in [0.2, 0.25) is 5.76 Å². The second kappa shape index (κ2) is 11.1. The molecule has 1 aromatic heterocycles. The number of unbranched alkanes of at least 4 members (excludes halogenated alkanes) is 3. The average molecular weight is 500 g/mol. The molecule has 186 valence electrons. The van der Waals surface area contributed by atoms with Crippen LogP contribution in [0.1, 0.15) is 60.3 Å². The van der Waals surface area contributed by atoms with E-state index in [0.717, 1.165) is 24.8 Å². The number of ether oxygens (including phenoxy) is 3. The van der Waals surface area contributed by atoms with Crippen molar-refractivity contribution in [3.8, 4) is 11.5 Å². The summed E-state index contributed by atoms with van der Waals surface area (Å²) >= 11 is 6.14. The molecule has 0 N–H and O–H groups in total. The predicted octanol–water partition coefficient (Wildman–Crippen LogP) is 5.61. The van der Waals surface area contributed by atoms with Crippen molar-refractivity contribution in [1.29, 1.82) is 0 Å². The first-order valence-corrected chi connectivity index (χ1v) is 12.2. The Morgan fingerprint density at radius 3 is 2.57 bits per heavy atom. The Kier molecular flexibility index (Phi) is 7.98. The van der Waals surface area contributed by atoms with E-state index in [4.69, 9.17) is 30.2 Å². The molecule has 0 fully saturated rings. The van der Waals surface area contributed by atoms with Crippen LogP contribution >= 0.6 is 11.6 Å². The number of amides is 1. The molecule has 8 heteroatoms. The van der Waals surface area contributed by atoms with Gasteiger partial charge < -0.3 is 23.5 Å². The van der Waals surface area contributed by atoms with E-state index < -0.39 is 6.04 Å². The Bertz CT molecular complexity index is 1270. The van der Waals surface area contributed by atoms with Gasteiger partial charge in [0.25, 0.3) is 5.91 Å². The van der Waals surface area contributed by atoms with E-state index in [1.54, 1.807) is 37.3 Å². The highest BCUT2D eigenvalue weighted by Crippen LogP contribution is 2.41. The van der Waals surface area contributed by atoms with Crippen molar-refractivity contribution in [2.24, 2.45) is 0 Å². The summed E-state index contributed by atoms with van der Waals surface area (Å²) in [6.07, 6.45) is 4.41. The molecule has 7 nitrogen and oxygen atoms in total. The van der Waals surface area contributed by atoms with Crippen LogP contribution in [0.25, 0.3) is 11.0 Å². The summed E-state index contributed by atoms with van der Waals surface area (Å²) < 4.78 is 22.7. The molecule has 0 aliphatic carbocycles. The molecule has 1 aliphatic rings. The molecule has 0 saturated heterocycles. The van der Waals surface area contributed by atoms with E-state index in [9.17, 15) is 9.59 Å². The maximum Gasteiger partial charge on any atom is 0.290 e. The number of carbonyl (C=O) groups is 1. The van der Waals surface area contributed by atoms with Crippen LogP contribution in [-0.4, -0.2) is 44.8 Å². The smallest absolute Gasteiger partial charge is 0.290 e. The van der Waals surface area contributed by atoms with Gasteiger partial charge >= 0.3 is 0 Å². The van der Waals surface area contributed by atoms with Crippen molar-refractivity contribution < 1.29 is 23.4 Å². The van der Waals surface area contributed by atoms with Crippen LogP contribution < -0.4 is 14.9 Å². The normalized spacial score (nSPS) is 15.0. The number of carbonyl (C=O) groups excluding carboxylic acids is 1. The van der Waals surface area contributed by atoms with Gasteiger partial charge in [0.05, 0.1) is 37.3 Å². The lowest BCUT2D eigenvalue weighted by atomic mass is 9.98. The number of fused-ring (bicyclic) bond motifs is 2. The molecule has 0 radical (unpaired) electrons. The topological polar surface area (TPSA) is 78.2 Å². The molecule has 0 spiro atoms. The van der Waals surface area contributed by atoms with E-state index in [1.807, 2.05) is 18.2 Å². The first-order chi connectivity index (χ1) is 17.0. The molecule has 1 amide bonds. The number of hydrogen-bond donors (Lipinski definition) is 0. The summed E-state index contributed by atoms with van der Waals surface area (Å²) in [5.74, 6) is 0.851. The molecular weight excluding hydrogens is 470 g/mol. The minimum absolute atomic E-state index is 0.0427. The monoisotopic (exact) mass is 499 g/mol. The fourth-order valence-electron chi connectivity index (χ4n) is 4.44. The summed E-state index contributed by atoms with van der Waals surface area (Å²) in [6, 6.07) is 9.65. The van der Waals surface area contributed by atoms with Crippen molar-refractivity contribution in [3.63, 3.8) is 0 Å². The molecule has 0 bridgehead atoms. The highest BCUT2D eigenvalue weighted by Gasteiger charge is 2.42. The van der Waals surface area contributed by atoms with Gasteiger partial charge in [0.15, 0.2) is 16.9 Å². The molecule has 1 aliphatic heterocycles. The molecule has 2 heterocycles. The lowest BCUT2D eigenvalue weighted by Crippen LogP contribution is -2.32. The zero-order valence-corrected chi connectivity index (χ0v) is 21.0.